The highest BCUT2D eigenvalue weighted by Crippen LogP contribution is 2.25. The highest BCUT2D eigenvalue weighted by atomic mass is 32.2. The lowest BCUT2D eigenvalue weighted by molar-refractivity contribution is 1.29. The highest BCUT2D eigenvalue weighted by molar-refractivity contribution is 8.02. The van der Waals surface area contributed by atoms with Gasteiger partial charge in [-0.15, -0.1) is 0 Å². The first-order valence-electron chi connectivity index (χ1n) is 6.58. The number of thiocyanates is 1. The van der Waals surface area contributed by atoms with Crippen molar-refractivity contribution in [3.8, 4) is 5.40 Å². The SMILES string of the molecule is Cc1cc(C)c(N=CC2=CCC(/C=N/SC#N)=N2)c(C)c1. The van der Waals surface area contributed by atoms with Crippen molar-refractivity contribution in [2.24, 2.45) is 14.4 Å². The number of hydrogen-bond acceptors (Lipinski definition) is 5. The molecule has 0 N–H and O–H groups in total. The third-order valence-electron chi connectivity index (χ3n) is 3.05. The fourth-order valence-corrected chi connectivity index (χ4v) is 2.47. The summed E-state index contributed by atoms with van der Waals surface area (Å²) in [4.78, 5) is 8.97. The van der Waals surface area contributed by atoms with Crippen LogP contribution in [0.4, 0.5) is 5.69 Å². The maximum absolute atomic E-state index is 8.40. The summed E-state index contributed by atoms with van der Waals surface area (Å²) in [5, 5.41) is 10.3. The van der Waals surface area contributed by atoms with Gasteiger partial charge in [-0.05, 0) is 31.9 Å². The standard InChI is InChI=1S/C16H16N4S/c1-11-6-12(2)16(13(3)7-11)18-8-14-4-5-15(20-14)9-19-21-10-17/h4,6-9H,5H2,1-3H3/b18-8?,19-9+. The minimum Gasteiger partial charge on any atom is -0.254 e. The van der Waals surface area contributed by atoms with Crippen LogP contribution in [0.3, 0.4) is 0 Å². The van der Waals surface area contributed by atoms with E-state index in [0.29, 0.717) is 0 Å². The van der Waals surface area contributed by atoms with Crippen molar-refractivity contribution in [2.75, 3.05) is 0 Å². The van der Waals surface area contributed by atoms with E-state index in [1.807, 2.05) is 11.5 Å². The minimum atomic E-state index is 0.725. The van der Waals surface area contributed by atoms with Gasteiger partial charge < -0.3 is 0 Å². The summed E-state index contributed by atoms with van der Waals surface area (Å²) in [7, 11) is 0. The average Bonchev–Trinajstić information content (AvgIpc) is 2.86. The second kappa shape index (κ2) is 7.00. The number of rotatable bonds is 4. The molecule has 0 fully saturated rings. The van der Waals surface area contributed by atoms with Crippen LogP contribution in [0.1, 0.15) is 23.1 Å². The zero-order valence-electron chi connectivity index (χ0n) is 12.3. The molecular weight excluding hydrogens is 280 g/mol. The van der Waals surface area contributed by atoms with E-state index in [-0.39, 0.29) is 0 Å². The Balaban J connectivity index is 2.11. The van der Waals surface area contributed by atoms with Gasteiger partial charge in [0.2, 0.25) is 0 Å². The summed E-state index contributed by atoms with van der Waals surface area (Å²) in [5.74, 6) is 0. The van der Waals surface area contributed by atoms with Crippen LogP contribution in [0.2, 0.25) is 0 Å². The van der Waals surface area contributed by atoms with Crippen LogP contribution < -0.4 is 0 Å². The molecule has 1 aromatic rings. The Hall–Kier alpha value is -2.19. The van der Waals surface area contributed by atoms with Gasteiger partial charge in [0.15, 0.2) is 5.40 Å². The zero-order valence-corrected chi connectivity index (χ0v) is 13.1. The normalized spacial score (nSPS) is 14.6. The van der Waals surface area contributed by atoms with Gasteiger partial charge in [0, 0.05) is 6.42 Å². The summed E-state index contributed by atoms with van der Waals surface area (Å²) in [6.07, 6.45) is 6.13. The van der Waals surface area contributed by atoms with E-state index < -0.39 is 0 Å². The molecule has 0 amide bonds. The summed E-state index contributed by atoms with van der Waals surface area (Å²) in [6.45, 7) is 6.22. The molecule has 0 saturated carbocycles. The number of hydrogen-bond donors (Lipinski definition) is 0. The Kier molecular flexibility index (Phi) is 5.07. The Morgan fingerprint density at radius 3 is 2.62 bits per heavy atom. The first-order valence-corrected chi connectivity index (χ1v) is 7.35. The molecule has 5 heteroatoms. The number of nitriles is 1. The van der Waals surface area contributed by atoms with Gasteiger partial charge in [0.05, 0.1) is 41.5 Å². The zero-order chi connectivity index (χ0) is 15.2. The van der Waals surface area contributed by atoms with Crippen molar-refractivity contribution in [2.45, 2.75) is 27.2 Å². The molecule has 4 nitrogen and oxygen atoms in total. The Labute approximate surface area is 129 Å². The van der Waals surface area contributed by atoms with Gasteiger partial charge in [-0.3, -0.25) is 9.98 Å². The summed E-state index contributed by atoms with van der Waals surface area (Å²) >= 11 is 0.849. The fourth-order valence-electron chi connectivity index (χ4n) is 2.25. The maximum Gasteiger partial charge on any atom is 0.157 e. The van der Waals surface area contributed by atoms with Gasteiger partial charge in [-0.2, -0.15) is 5.26 Å². The fraction of sp³-hybridized carbons (Fsp3) is 0.250. The molecule has 0 unspecified atom stereocenters. The molecule has 0 saturated heterocycles. The van der Waals surface area contributed by atoms with Gasteiger partial charge in [0.25, 0.3) is 0 Å². The lowest BCUT2D eigenvalue weighted by atomic mass is 10.1. The smallest absolute Gasteiger partial charge is 0.157 e. The van der Waals surface area contributed by atoms with Crippen molar-refractivity contribution in [1.82, 2.24) is 0 Å². The molecule has 106 valence electrons. The number of benzene rings is 1. The van der Waals surface area contributed by atoms with E-state index in [0.717, 1.165) is 35.5 Å². The molecule has 2 rings (SSSR count). The molecule has 21 heavy (non-hydrogen) atoms. The van der Waals surface area contributed by atoms with Crippen molar-refractivity contribution in [1.29, 1.82) is 5.26 Å². The Bertz CT molecular complexity index is 682. The quantitative estimate of drug-likeness (QED) is 0.474. The van der Waals surface area contributed by atoms with Gasteiger partial charge in [0.1, 0.15) is 0 Å². The third-order valence-corrected chi connectivity index (χ3v) is 3.34. The van der Waals surface area contributed by atoms with Crippen LogP contribution in [0.5, 0.6) is 0 Å². The highest BCUT2D eigenvalue weighted by Gasteiger charge is 2.06. The molecule has 0 atom stereocenters. The van der Waals surface area contributed by atoms with Crippen molar-refractivity contribution < 1.29 is 0 Å². The van der Waals surface area contributed by atoms with Gasteiger partial charge >= 0.3 is 0 Å². The van der Waals surface area contributed by atoms with E-state index in [2.05, 4.69) is 47.3 Å². The first-order chi connectivity index (χ1) is 10.1. The maximum atomic E-state index is 8.40. The molecule has 1 heterocycles. The lowest BCUT2D eigenvalue weighted by Gasteiger charge is -2.06. The number of aryl methyl sites for hydroxylation is 3. The minimum absolute atomic E-state index is 0.725. The second-order valence-corrected chi connectivity index (χ2v) is 5.43. The van der Waals surface area contributed by atoms with Crippen LogP contribution >= 0.6 is 11.9 Å². The van der Waals surface area contributed by atoms with Crippen LogP contribution in [0.15, 0.2) is 38.3 Å². The second-order valence-electron chi connectivity index (χ2n) is 4.86. The monoisotopic (exact) mass is 296 g/mol. The van der Waals surface area contributed by atoms with Crippen molar-refractivity contribution in [3.63, 3.8) is 0 Å². The Morgan fingerprint density at radius 2 is 1.95 bits per heavy atom. The number of nitrogens with zero attached hydrogens (tertiary/aromatic N) is 4. The largest absolute Gasteiger partial charge is 0.254 e. The van der Waals surface area contributed by atoms with Crippen LogP contribution in [-0.4, -0.2) is 18.1 Å². The molecule has 1 aliphatic rings. The van der Waals surface area contributed by atoms with E-state index in [9.17, 15) is 0 Å². The third kappa shape index (κ3) is 4.14. The molecule has 0 spiro atoms. The number of allylic oxidation sites excluding steroid dienone is 2. The van der Waals surface area contributed by atoms with E-state index in [4.69, 9.17) is 5.26 Å². The molecular formula is C16H16N4S. The summed E-state index contributed by atoms with van der Waals surface area (Å²) in [5.41, 5.74) is 6.25. The van der Waals surface area contributed by atoms with Gasteiger partial charge in [-0.1, -0.05) is 23.8 Å². The van der Waals surface area contributed by atoms with Crippen LogP contribution in [-0.2, 0) is 0 Å². The summed E-state index contributed by atoms with van der Waals surface area (Å²) in [6, 6.07) is 4.26. The van der Waals surface area contributed by atoms with Gasteiger partial charge in [-0.25, -0.2) is 4.40 Å². The summed E-state index contributed by atoms with van der Waals surface area (Å²) < 4.78 is 3.88. The molecule has 0 aromatic heterocycles. The molecule has 1 aromatic carbocycles. The molecule has 0 radical (unpaired) electrons. The lowest BCUT2D eigenvalue weighted by Crippen LogP contribution is -1.92. The predicted octanol–water partition coefficient (Wildman–Crippen LogP) is 4.24. The Morgan fingerprint density at radius 1 is 1.24 bits per heavy atom. The van der Waals surface area contributed by atoms with E-state index in [1.165, 1.54) is 16.7 Å². The molecule has 1 aliphatic heterocycles. The van der Waals surface area contributed by atoms with E-state index in [1.54, 1.807) is 12.4 Å². The average molecular weight is 296 g/mol. The molecule has 0 bridgehead atoms. The van der Waals surface area contributed by atoms with Crippen LogP contribution in [0.25, 0.3) is 0 Å². The van der Waals surface area contributed by atoms with E-state index >= 15 is 0 Å². The number of aliphatic imine (C=N–C) groups is 2. The van der Waals surface area contributed by atoms with Crippen molar-refractivity contribution in [3.05, 3.63) is 40.6 Å². The van der Waals surface area contributed by atoms with Crippen LogP contribution in [0, 0.1) is 31.4 Å². The van der Waals surface area contributed by atoms with Crippen molar-refractivity contribution >= 4 is 35.8 Å². The predicted molar refractivity (Wildman–Crippen MR) is 90.6 cm³/mol. The molecule has 0 aliphatic carbocycles. The first kappa shape index (κ1) is 15.2. The topological polar surface area (TPSA) is 60.9 Å².